The van der Waals surface area contributed by atoms with E-state index in [0.29, 0.717) is 11.7 Å². The standard InChI is InChI=1S/C10H16N2O/c1-3-4-5-9(2)12-8-11-6-10(12)7-13/h6-9H,3-5H2,1-2H3. The zero-order valence-electron chi connectivity index (χ0n) is 8.23. The fraction of sp³-hybridized carbons (Fsp3) is 0.600. The molecule has 0 aliphatic carbocycles. The van der Waals surface area contributed by atoms with E-state index in [4.69, 9.17) is 0 Å². The lowest BCUT2D eigenvalue weighted by Crippen LogP contribution is -2.06. The minimum Gasteiger partial charge on any atom is -0.326 e. The maximum absolute atomic E-state index is 10.6. The number of hydrogen-bond donors (Lipinski definition) is 0. The minimum absolute atomic E-state index is 0.377. The molecule has 1 atom stereocenters. The van der Waals surface area contributed by atoms with E-state index in [9.17, 15) is 4.79 Å². The second-order valence-electron chi connectivity index (χ2n) is 3.33. The molecule has 1 aromatic rings. The molecule has 0 amide bonds. The summed E-state index contributed by atoms with van der Waals surface area (Å²) in [7, 11) is 0. The van der Waals surface area contributed by atoms with E-state index in [1.54, 1.807) is 12.5 Å². The van der Waals surface area contributed by atoms with E-state index < -0.39 is 0 Å². The van der Waals surface area contributed by atoms with Gasteiger partial charge in [-0.25, -0.2) is 4.98 Å². The Balaban J connectivity index is 2.64. The molecule has 0 aromatic carbocycles. The van der Waals surface area contributed by atoms with Crippen molar-refractivity contribution in [3.05, 3.63) is 18.2 Å². The van der Waals surface area contributed by atoms with Crippen LogP contribution < -0.4 is 0 Å². The van der Waals surface area contributed by atoms with E-state index >= 15 is 0 Å². The molecule has 72 valence electrons. The van der Waals surface area contributed by atoms with E-state index in [1.165, 1.54) is 12.8 Å². The van der Waals surface area contributed by atoms with Gasteiger partial charge in [0.2, 0.25) is 0 Å². The highest BCUT2D eigenvalue weighted by molar-refractivity contribution is 5.71. The SMILES string of the molecule is CCCCC(C)n1cncc1C=O. The van der Waals surface area contributed by atoms with Crippen LogP contribution in [-0.4, -0.2) is 15.8 Å². The highest BCUT2D eigenvalue weighted by atomic mass is 16.1. The Bertz CT molecular complexity index is 268. The van der Waals surface area contributed by atoms with Crippen LogP contribution in [0.5, 0.6) is 0 Å². The first-order chi connectivity index (χ1) is 6.29. The molecule has 1 rings (SSSR count). The normalized spacial score (nSPS) is 12.8. The molecule has 3 heteroatoms. The molecule has 0 fully saturated rings. The summed E-state index contributed by atoms with van der Waals surface area (Å²) < 4.78 is 1.93. The molecule has 0 N–H and O–H groups in total. The summed E-state index contributed by atoms with van der Waals surface area (Å²) in [5.41, 5.74) is 0.670. The molecule has 0 spiro atoms. The van der Waals surface area contributed by atoms with Crippen LogP contribution in [-0.2, 0) is 0 Å². The lowest BCUT2D eigenvalue weighted by molar-refractivity contribution is 0.111. The number of aldehydes is 1. The van der Waals surface area contributed by atoms with Crippen molar-refractivity contribution in [1.82, 2.24) is 9.55 Å². The van der Waals surface area contributed by atoms with Crippen molar-refractivity contribution in [2.24, 2.45) is 0 Å². The largest absolute Gasteiger partial charge is 0.326 e. The molecule has 0 aliphatic heterocycles. The van der Waals surface area contributed by atoms with Crippen LogP contribution in [0, 0.1) is 0 Å². The fourth-order valence-corrected chi connectivity index (χ4v) is 1.41. The second kappa shape index (κ2) is 4.80. The molecule has 0 saturated carbocycles. The Hall–Kier alpha value is -1.12. The van der Waals surface area contributed by atoms with Gasteiger partial charge in [-0.1, -0.05) is 19.8 Å². The number of carbonyl (C=O) groups is 1. The lowest BCUT2D eigenvalue weighted by Gasteiger charge is -2.13. The Morgan fingerprint density at radius 3 is 3.08 bits per heavy atom. The first-order valence-corrected chi connectivity index (χ1v) is 4.76. The maximum atomic E-state index is 10.6. The molecular formula is C10H16N2O. The number of aromatic nitrogens is 2. The number of unbranched alkanes of at least 4 members (excludes halogenated alkanes) is 1. The molecular weight excluding hydrogens is 164 g/mol. The summed E-state index contributed by atoms with van der Waals surface area (Å²) in [6.45, 7) is 4.28. The quantitative estimate of drug-likeness (QED) is 0.652. The van der Waals surface area contributed by atoms with Gasteiger partial charge in [-0.2, -0.15) is 0 Å². The fourth-order valence-electron chi connectivity index (χ4n) is 1.41. The first kappa shape index (κ1) is 9.96. The number of nitrogens with zero attached hydrogens (tertiary/aromatic N) is 2. The summed E-state index contributed by atoms with van der Waals surface area (Å²) >= 11 is 0. The maximum Gasteiger partial charge on any atom is 0.168 e. The monoisotopic (exact) mass is 180 g/mol. The van der Waals surface area contributed by atoms with Crippen LogP contribution in [0.3, 0.4) is 0 Å². The zero-order chi connectivity index (χ0) is 9.68. The second-order valence-corrected chi connectivity index (χ2v) is 3.33. The van der Waals surface area contributed by atoms with E-state index in [1.807, 2.05) is 4.57 Å². The van der Waals surface area contributed by atoms with Gasteiger partial charge in [0.25, 0.3) is 0 Å². The van der Waals surface area contributed by atoms with Gasteiger partial charge >= 0.3 is 0 Å². The van der Waals surface area contributed by atoms with E-state index in [-0.39, 0.29) is 0 Å². The third-order valence-corrected chi connectivity index (χ3v) is 2.27. The van der Waals surface area contributed by atoms with Crippen molar-refractivity contribution in [1.29, 1.82) is 0 Å². The van der Waals surface area contributed by atoms with Gasteiger partial charge in [0.1, 0.15) is 5.69 Å². The average molecular weight is 180 g/mol. The predicted molar refractivity (Wildman–Crippen MR) is 51.9 cm³/mol. The van der Waals surface area contributed by atoms with Gasteiger partial charge in [-0.05, 0) is 13.3 Å². The van der Waals surface area contributed by atoms with Gasteiger partial charge < -0.3 is 4.57 Å². The third-order valence-electron chi connectivity index (χ3n) is 2.27. The van der Waals surface area contributed by atoms with Crippen molar-refractivity contribution < 1.29 is 4.79 Å². The molecule has 1 heterocycles. The van der Waals surface area contributed by atoms with Crippen molar-refractivity contribution in [3.63, 3.8) is 0 Å². The highest BCUT2D eigenvalue weighted by Gasteiger charge is 2.07. The lowest BCUT2D eigenvalue weighted by atomic mass is 10.1. The Labute approximate surface area is 78.8 Å². The molecule has 1 unspecified atom stereocenters. The van der Waals surface area contributed by atoms with Crippen molar-refractivity contribution in [3.8, 4) is 0 Å². The van der Waals surface area contributed by atoms with Crippen molar-refractivity contribution in [2.75, 3.05) is 0 Å². The van der Waals surface area contributed by atoms with Crippen molar-refractivity contribution in [2.45, 2.75) is 39.2 Å². The van der Waals surface area contributed by atoms with Crippen LogP contribution in [0.25, 0.3) is 0 Å². The molecule has 0 aliphatic rings. The van der Waals surface area contributed by atoms with Gasteiger partial charge in [0.15, 0.2) is 6.29 Å². The van der Waals surface area contributed by atoms with Crippen LogP contribution in [0.1, 0.15) is 49.6 Å². The van der Waals surface area contributed by atoms with Gasteiger partial charge in [0.05, 0.1) is 12.5 Å². The topological polar surface area (TPSA) is 34.9 Å². The van der Waals surface area contributed by atoms with Crippen LogP contribution >= 0.6 is 0 Å². The van der Waals surface area contributed by atoms with Gasteiger partial charge in [-0.15, -0.1) is 0 Å². The first-order valence-electron chi connectivity index (χ1n) is 4.76. The average Bonchev–Trinajstić information content (AvgIpc) is 2.61. The predicted octanol–water partition coefficient (Wildman–Crippen LogP) is 2.45. The zero-order valence-corrected chi connectivity index (χ0v) is 8.23. The summed E-state index contributed by atoms with van der Waals surface area (Å²) in [6.07, 6.45) is 7.68. The Morgan fingerprint density at radius 2 is 2.46 bits per heavy atom. The number of carbonyl (C=O) groups excluding carboxylic acids is 1. The summed E-state index contributed by atoms with van der Waals surface area (Å²) in [5.74, 6) is 0. The number of rotatable bonds is 5. The number of imidazole rings is 1. The summed E-state index contributed by atoms with van der Waals surface area (Å²) in [6, 6.07) is 0.377. The molecule has 13 heavy (non-hydrogen) atoms. The smallest absolute Gasteiger partial charge is 0.168 e. The number of hydrogen-bond acceptors (Lipinski definition) is 2. The molecule has 0 saturated heterocycles. The molecule has 1 aromatic heterocycles. The van der Waals surface area contributed by atoms with Gasteiger partial charge in [0, 0.05) is 6.04 Å². The van der Waals surface area contributed by atoms with Crippen molar-refractivity contribution >= 4 is 6.29 Å². The minimum atomic E-state index is 0.377. The van der Waals surface area contributed by atoms with Gasteiger partial charge in [-0.3, -0.25) is 4.79 Å². The van der Waals surface area contributed by atoms with Crippen LogP contribution in [0.15, 0.2) is 12.5 Å². The highest BCUT2D eigenvalue weighted by Crippen LogP contribution is 2.15. The molecule has 3 nitrogen and oxygen atoms in total. The van der Waals surface area contributed by atoms with E-state index in [0.717, 1.165) is 12.7 Å². The Morgan fingerprint density at radius 1 is 1.69 bits per heavy atom. The molecule has 0 bridgehead atoms. The van der Waals surface area contributed by atoms with Crippen LogP contribution in [0.4, 0.5) is 0 Å². The molecule has 0 radical (unpaired) electrons. The summed E-state index contributed by atoms with van der Waals surface area (Å²) in [4.78, 5) is 14.6. The van der Waals surface area contributed by atoms with E-state index in [2.05, 4.69) is 18.8 Å². The summed E-state index contributed by atoms with van der Waals surface area (Å²) in [5, 5.41) is 0. The third kappa shape index (κ3) is 2.41. The Kier molecular flexibility index (Phi) is 3.68. The van der Waals surface area contributed by atoms with Crippen LogP contribution in [0.2, 0.25) is 0 Å².